The number of rotatable bonds is 7. The van der Waals surface area contributed by atoms with Crippen LogP contribution in [-0.2, 0) is 11.2 Å². The molecule has 0 fully saturated rings. The molecule has 106 valence electrons. The lowest BCUT2D eigenvalue weighted by molar-refractivity contribution is -0.130. The fourth-order valence-electron chi connectivity index (χ4n) is 1.86. The summed E-state index contributed by atoms with van der Waals surface area (Å²) < 4.78 is 5.30. The van der Waals surface area contributed by atoms with E-state index in [1.807, 2.05) is 38.2 Å². The van der Waals surface area contributed by atoms with E-state index in [1.165, 1.54) is 0 Å². The topological polar surface area (TPSA) is 55.6 Å². The lowest BCUT2D eigenvalue weighted by Gasteiger charge is -2.19. The van der Waals surface area contributed by atoms with Gasteiger partial charge < -0.3 is 15.4 Å². The minimum Gasteiger partial charge on any atom is -0.496 e. The Labute approximate surface area is 115 Å². The molecule has 2 N–H and O–H groups in total. The van der Waals surface area contributed by atoms with Crippen LogP contribution >= 0.6 is 0 Å². The average molecular weight is 264 g/mol. The van der Waals surface area contributed by atoms with Crippen LogP contribution in [0.15, 0.2) is 24.3 Å². The summed E-state index contributed by atoms with van der Waals surface area (Å²) in [5, 5.41) is 0. The number of benzene rings is 1. The van der Waals surface area contributed by atoms with E-state index in [0.29, 0.717) is 19.5 Å². The van der Waals surface area contributed by atoms with Crippen molar-refractivity contribution in [1.29, 1.82) is 0 Å². The molecule has 0 bridgehead atoms. The van der Waals surface area contributed by atoms with Gasteiger partial charge in [-0.15, -0.1) is 0 Å². The average Bonchev–Trinajstić information content (AvgIpc) is 2.44. The molecule has 0 heterocycles. The van der Waals surface area contributed by atoms with E-state index in [2.05, 4.69) is 0 Å². The van der Waals surface area contributed by atoms with Crippen LogP contribution < -0.4 is 10.5 Å². The summed E-state index contributed by atoms with van der Waals surface area (Å²) >= 11 is 0. The van der Waals surface area contributed by atoms with Crippen molar-refractivity contribution >= 4 is 5.91 Å². The number of amides is 1. The van der Waals surface area contributed by atoms with E-state index in [-0.39, 0.29) is 11.8 Å². The molecule has 1 rings (SSSR count). The molecule has 1 aromatic rings. The number of carbonyl (C=O) groups excluding carboxylic acids is 1. The van der Waals surface area contributed by atoms with Gasteiger partial charge in [-0.2, -0.15) is 0 Å². The van der Waals surface area contributed by atoms with Gasteiger partial charge in [0, 0.05) is 20.0 Å². The van der Waals surface area contributed by atoms with Gasteiger partial charge in [-0.05, 0) is 30.5 Å². The maximum Gasteiger partial charge on any atom is 0.222 e. The van der Waals surface area contributed by atoms with Gasteiger partial charge in [-0.1, -0.05) is 25.1 Å². The van der Waals surface area contributed by atoms with E-state index >= 15 is 0 Å². The Morgan fingerprint density at radius 3 is 2.74 bits per heavy atom. The van der Waals surface area contributed by atoms with Crippen molar-refractivity contribution in [2.24, 2.45) is 11.7 Å². The Hall–Kier alpha value is -1.55. The van der Waals surface area contributed by atoms with Crippen LogP contribution in [0.3, 0.4) is 0 Å². The number of hydrogen-bond acceptors (Lipinski definition) is 3. The van der Waals surface area contributed by atoms with Crippen LogP contribution in [0.2, 0.25) is 0 Å². The summed E-state index contributed by atoms with van der Waals surface area (Å²) in [5.41, 5.74) is 6.66. The predicted molar refractivity (Wildman–Crippen MR) is 77.2 cm³/mol. The summed E-state index contributed by atoms with van der Waals surface area (Å²) in [5.74, 6) is 1.26. The van der Waals surface area contributed by atoms with E-state index in [9.17, 15) is 4.79 Å². The zero-order chi connectivity index (χ0) is 14.3. The van der Waals surface area contributed by atoms with Gasteiger partial charge >= 0.3 is 0 Å². The lowest BCUT2D eigenvalue weighted by Crippen LogP contribution is -2.31. The van der Waals surface area contributed by atoms with Crippen molar-refractivity contribution in [3.05, 3.63) is 29.8 Å². The first-order valence-corrected chi connectivity index (χ1v) is 6.64. The third-order valence-electron chi connectivity index (χ3n) is 3.26. The van der Waals surface area contributed by atoms with Crippen LogP contribution in [0, 0.1) is 5.92 Å². The number of methoxy groups -OCH3 is 1. The highest BCUT2D eigenvalue weighted by molar-refractivity contribution is 5.76. The van der Waals surface area contributed by atoms with Crippen LogP contribution in [0.4, 0.5) is 0 Å². The Kier molecular flexibility index (Phi) is 6.36. The van der Waals surface area contributed by atoms with Crippen molar-refractivity contribution in [3.8, 4) is 5.75 Å². The molecule has 0 radical (unpaired) electrons. The third-order valence-corrected chi connectivity index (χ3v) is 3.26. The van der Waals surface area contributed by atoms with Gasteiger partial charge in [-0.25, -0.2) is 0 Å². The fourth-order valence-corrected chi connectivity index (χ4v) is 1.86. The van der Waals surface area contributed by atoms with Gasteiger partial charge in [0.15, 0.2) is 0 Å². The Bertz CT molecular complexity index is 407. The molecule has 1 aromatic carbocycles. The Balaban J connectivity index is 2.49. The van der Waals surface area contributed by atoms with E-state index in [1.54, 1.807) is 12.0 Å². The van der Waals surface area contributed by atoms with Gasteiger partial charge in [0.1, 0.15) is 5.75 Å². The zero-order valence-electron chi connectivity index (χ0n) is 12.1. The second-order valence-electron chi connectivity index (χ2n) is 4.92. The molecule has 0 aliphatic heterocycles. The summed E-state index contributed by atoms with van der Waals surface area (Å²) in [7, 11) is 3.50. The molecular formula is C15H24N2O2. The van der Waals surface area contributed by atoms with Crippen LogP contribution in [0.25, 0.3) is 0 Å². The maximum atomic E-state index is 11.9. The summed E-state index contributed by atoms with van der Waals surface area (Å²) in [6.07, 6.45) is 1.31. The molecule has 0 aromatic heterocycles. The minimum atomic E-state index is 0.146. The largest absolute Gasteiger partial charge is 0.496 e. The number of hydrogen-bond donors (Lipinski definition) is 1. The predicted octanol–water partition coefficient (Wildman–Crippen LogP) is 1.68. The normalized spacial score (nSPS) is 12.0. The van der Waals surface area contributed by atoms with Gasteiger partial charge in [-0.3, -0.25) is 4.79 Å². The number of likely N-dealkylation sites (N-methyl/N-ethyl adjacent to an activating group) is 1. The monoisotopic (exact) mass is 264 g/mol. The van der Waals surface area contributed by atoms with Gasteiger partial charge in [0.2, 0.25) is 5.91 Å². The van der Waals surface area contributed by atoms with Crippen molar-refractivity contribution in [1.82, 2.24) is 4.90 Å². The maximum absolute atomic E-state index is 11.9. The summed E-state index contributed by atoms with van der Waals surface area (Å²) in [6.45, 7) is 3.23. The van der Waals surface area contributed by atoms with E-state index < -0.39 is 0 Å². The SMILES string of the molecule is COc1ccccc1CCN(C)C(=O)CC(C)CN. The molecular weight excluding hydrogens is 240 g/mol. The molecule has 1 amide bonds. The van der Waals surface area contributed by atoms with Crippen molar-refractivity contribution in [2.45, 2.75) is 19.8 Å². The molecule has 0 saturated carbocycles. The van der Waals surface area contributed by atoms with Crippen LogP contribution in [0.5, 0.6) is 5.75 Å². The molecule has 0 saturated heterocycles. The molecule has 1 unspecified atom stereocenters. The third kappa shape index (κ3) is 4.91. The quantitative estimate of drug-likeness (QED) is 0.815. The molecule has 4 heteroatoms. The summed E-state index contributed by atoms with van der Waals surface area (Å²) in [4.78, 5) is 13.7. The highest BCUT2D eigenvalue weighted by atomic mass is 16.5. The van der Waals surface area contributed by atoms with Crippen molar-refractivity contribution in [3.63, 3.8) is 0 Å². The number of nitrogens with two attached hydrogens (primary N) is 1. The molecule has 1 atom stereocenters. The number of ether oxygens (including phenoxy) is 1. The standard InChI is InChI=1S/C15H24N2O2/c1-12(11-16)10-15(18)17(2)9-8-13-6-4-5-7-14(13)19-3/h4-7,12H,8-11,16H2,1-3H3. The van der Waals surface area contributed by atoms with Crippen molar-refractivity contribution < 1.29 is 9.53 Å². The molecule has 0 spiro atoms. The first-order chi connectivity index (χ1) is 9.08. The van der Waals surface area contributed by atoms with Crippen LogP contribution in [-0.4, -0.2) is 38.1 Å². The Morgan fingerprint density at radius 2 is 2.11 bits per heavy atom. The fraction of sp³-hybridized carbons (Fsp3) is 0.533. The van der Waals surface area contributed by atoms with Crippen LogP contribution in [0.1, 0.15) is 18.9 Å². The Morgan fingerprint density at radius 1 is 1.42 bits per heavy atom. The lowest BCUT2D eigenvalue weighted by atomic mass is 10.1. The molecule has 4 nitrogen and oxygen atoms in total. The highest BCUT2D eigenvalue weighted by Crippen LogP contribution is 2.18. The second-order valence-corrected chi connectivity index (χ2v) is 4.92. The highest BCUT2D eigenvalue weighted by Gasteiger charge is 2.13. The molecule has 0 aliphatic rings. The number of para-hydroxylation sites is 1. The first-order valence-electron chi connectivity index (χ1n) is 6.64. The summed E-state index contributed by atoms with van der Waals surface area (Å²) in [6, 6.07) is 7.89. The van der Waals surface area contributed by atoms with Gasteiger partial charge in [0.05, 0.1) is 7.11 Å². The minimum absolute atomic E-state index is 0.146. The number of nitrogens with zero attached hydrogens (tertiary/aromatic N) is 1. The smallest absolute Gasteiger partial charge is 0.222 e. The van der Waals surface area contributed by atoms with Crippen molar-refractivity contribution in [2.75, 3.05) is 27.2 Å². The first kappa shape index (κ1) is 15.5. The number of carbonyl (C=O) groups is 1. The second kappa shape index (κ2) is 7.79. The van der Waals surface area contributed by atoms with Gasteiger partial charge in [0.25, 0.3) is 0 Å². The molecule has 19 heavy (non-hydrogen) atoms. The van der Waals surface area contributed by atoms with E-state index in [4.69, 9.17) is 10.5 Å². The molecule has 0 aliphatic carbocycles. The zero-order valence-corrected chi connectivity index (χ0v) is 12.1. The van der Waals surface area contributed by atoms with E-state index in [0.717, 1.165) is 17.7 Å².